The van der Waals surface area contributed by atoms with Crippen molar-refractivity contribution in [3.8, 4) is 0 Å². The lowest BCUT2D eigenvalue weighted by molar-refractivity contribution is 1.13. The lowest BCUT2D eigenvalue weighted by atomic mass is 10.0. The van der Waals surface area contributed by atoms with Gasteiger partial charge in [-0.1, -0.05) is 26.0 Å². The molecule has 0 saturated carbocycles. The van der Waals surface area contributed by atoms with E-state index < -0.39 is 0 Å². The SMILES string of the molecule is CCc1cc2ccc(C)c(CC)c2s1. The van der Waals surface area contributed by atoms with Gasteiger partial charge in [0.1, 0.15) is 0 Å². The minimum absolute atomic E-state index is 1.15. The molecule has 0 radical (unpaired) electrons. The highest BCUT2D eigenvalue weighted by Crippen LogP contribution is 2.31. The molecule has 0 fully saturated rings. The van der Waals surface area contributed by atoms with Gasteiger partial charge < -0.3 is 0 Å². The molecule has 1 aromatic heterocycles. The van der Waals surface area contributed by atoms with E-state index in [-0.39, 0.29) is 0 Å². The Morgan fingerprint density at radius 1 is 1.14 bits per heavy atom. The summed E-state index contributed by atoms with van der Waals surface area (Å²) in [5, 5.41) is 1.43. The molecule has 1 heteroatoms. The van der Waals surface area contributed by atoms with Crippen molar-refractivity contribution in [2.75, 3.05) is 0 Å². The highest BCUT2D eigenvalue weighted by Gasteiger charge is 2.06. The van der Waals surface area contributed by atoms with Crippen molar-refractivity contribution in [1.29, 1.82) is 0 Å². The molecule has 0 bridgehead atoms. The second-order valence-electron chi connectivity index (χ2n) is 3.70. The van der Waals surface area contributed by atoms with E-state index in [2.05, 4.69) is 39.0 Å². The van der Waals surface area contributed by atoms with Crippen LogP contribution in [0.15, 0.2) is 18.2 Å². The fourth-order valence-electron chi connectivity index (χ4n) is 1.93. The first-order chi connectivity index (χ1) is 6.76. The van der Waals surface area contributed by atoms with Crippen molar-refractivity contribution >= 4 is 21.4 Å². The molecule has 74 valence electrons. The average Bonchev–Trinajstić information content (AvgIpc) is 2.60. The van der Waals surface area contributed by atoms with E-state index in [0.29, 0.717) is 0 Å². The van der Waals surface area contributed by atoms with Gasteiger partial charge in [-0.05, 0) is 42.3 Å². The molecule has 2 aromatic rings. The molecule has 0 atom stereocenters. The van der Waals surface area contributed by atoms with Crippen LogP contribution in [0.2, 0.25) is 0 Å². The Hall–Kier alpha value is -0.820. The Bertz CT molecular complexity index is 451. The van der Waals surface area contributed by atoms with Crippen LogP contribution in [0, 0.1) is 6.92 Å². The number of aryl methyl sites for hydroxylation is 3. The van der Waals surface area contributed by atoms with Gasteiger partial charge in [-0.3, -0.25) is 0 Å². The van der Waals surface area contributed by atoms with Crippen molar-refractivity contribution in [3.05, 3.63) is 34.2 Å². The number of thiophene rings is 1. The molecule has 0 aliphatic heterocycles. The fraction of sp³-hybridized carbons (Fsp3) is 0.385. The zero-order chi connectivity index (χ0) is 10.1. The van der Waals surface area contributed by atoms with Gasteiger partial charge in [0.15, 0.2) is 0 Å². The maximum atomic E-state index is 2.33. The molecule has 0 saturated heterocycles. The molecule has 0 spiro atoms. The third-order valence-corrected chi connectivity index (χ3v) is 4.13. The zero-order valence-corrected chi connectivity index (χ0v) is 9.87. The normalized spacial score (nSPS) is 11.1. The molecular weight excluding hydrogens is 188 g/mol. The van der Waals surface area contributed by atoms with E-state index in [0.717, 1.165) is 12.8 Å². The summed E-state index contributed by atoms with van der Waals surface area (Å²) in [4.78, 5) is 1.50. The fourth-order valence-corrected chi connectivity index (χ4v) is 3.19. The molecule has 0 aliphatic carbocycles. The average molecular weight is 204 g/mol. The Morgan fingerprint density at radius 3 is 2.57 bits per heavy atom. The summed E-state index contributed by atoms with van der Waals surface area (Å²) in [5.74, 6) is 0. The first-order valence-electron chi connectivity index (χ1n) is 5.27. The van der Waals surface area contributed by atoms with Gasteiger partial charge in [0.25, 0.3) is 0 Å². The lowest BCUT2D eigenvalue weighted by Gasteiger charge is -2.03. The van der Waals surface area contributed by atoms with Gasteiger partial charge in [0.05, 0.1) is 0 Å². The summed E-state index contributed by atoms with van der Waals surface area (Å²) in [7, 11) is 0. The first kappa shape index (κ1) is 9.72. The van der Waals surface area contributed by atoms with Gasteiger partial charge in [-0.25, -0.2) is 0 Å². The van der Waals surface area contributed by atoms with Crippen LogP contribution >= 0.6 is 11.3 Å². The highest BCUT2D eigenvalue weighted by molar-refractivity contribution is 7.19. The van der Waals surface area contributed by atoms with Crippen LogP contribution in [0.4, 0.5) is 0 Å². The maximum absolute atomic E-state index is 2.33. The number of hydrogen-bond donors (Lipinski definition) is 0. The van der Waals surface area contributed by atoms with Gasteiger partial charge in [-0.2, -0.15) is 0 Å². The van der Waals surface area contributed by atoms with Crippen LogP contribution in [0.5, 0.6) is 0 Å². The quantitative estimate of drug-likeness (QED) is 0.683. The maximum Gasteiger partial charge on any atom is 0.0380 e. The Kier molecular flexibility index (Phi) is 2.60. The van der Waals surface area contributed by atoms with Crippen LogP contribution in [-0.2, 0) is 12.8 Å². The third-order valence-electron chi connectivity index (χ3n) is 2.78. The van der Waals surface area contributed by atoms with Gasteiger partial charge in [-0.15, -0.1) is 11.3 Å². The Morgan fingerprint density at radius 2 is 1.93 bits per heavy atom. The van der Waals surface area contributed by atoms with Crippen LogP contribution in [0.3, 0.4) is 0 Å². The van der Waals surface area contributed by atoms with Crippen molar-refractivity contribution in [3.63, 3.8) is 0 Å². The summed E-state index contributed by atoms with van der Waals surface area (Å²) >= 11 is 1.96. The third kappa shape index (κ3) is 1.46. The standard InChI is InChI=1S/C13H16S/c1-4-11-8-10-7-6-9(3)12(5-2)13(10)14-11/h6-8H,4-5H2,1-3H3. The largest absolute Gasteiger partial charge is 0.140 e. The molecule has 2 rings (SSSR count). The lowest BCUT2D eigenvalue weighted by Crippen LogP contribution is -1.84. The van der Waals surface area contributed by atoms with E-state index in [1.807, 2.05) is 11.3 Å². The van der Waals surface area contributed by atoms with E-state index >= 15 is 0 Å². The molecule has 0 N–H and O–H groups in total. The smallest absolute Gasteiger partial charge is 0.0380 e. The summed E-state index contributed by atoms with van der Waals surface area (Å²) in [6.45, 7) is 6.68. The molecule has 0 aliphatic rings. The van der Waals surface area contributed by atoms with E-state index in [4.69, 9.17) is 0 Å². The summed E-state index contributed by atoms with van der Waals surface area (Å²) < 4.78 is 1.50. The Balaban J connectivity index is 2.73. The topological polar surface area (TPSA) is 0 Å². The first-order valence-corrected chi connectivity index (χ1v) is 6.08. The number of hydrogen-bond acceptors (Lipinski definition) is 1. The van der Waals surface area contributed by atoms with Crippen molar-refractivity contribution in [2.24, 2.45) is 0 Å². The molecule has 14 heavy (non-hydrogen) atoms. The predicted molar refractivity (Wildman–Crippen MR) is 65.3 cm³/mol. The highest BCUT2D eigenvalue weighted by atomic mass is 32.1. The number of fused-ring (bicyclic) bond motifs is 1. The predicted octanol–water partition coefficient (Wildman–Crippen LogP) is 4.33. The molecule has 1 aromatic carbocycles. The number of rotatable bonds is 2. The molecule has 0 nitrogen and oxygen atoms in total. The molecule has 0 amide bonds. The van der Waals surface area contributed by atoms with Crippen LogP contribution in [-0.4, -0.2) is 0 Å². The summed E-state index contributed by atoms with van der Waals surface area (Å²) in [6.07, 6.45) is 2.30. The van der Waals surface area contributed by atoms with Crippen LogP contribution in [0.25, 0.3) is 10.1 Å². The van der Waals surface area contributed by atoms with Crippen LogP contribution in [0.1, 0.15) is 29.9 Å². The van der Waals surface area contributed by atoms with Gasteiger partial charge >= 0.3 is 0 Å². The van der Waals surface area contributed by atoms with Crippen LogP contribution < -0.4 is 0 Å². The second kappa shape index (κ2) is 3.74. The van der Waals surface area contributed by atoms with E-state index in [1.165, 1.54) is 26.1 Å². The van der Waals surface area contributed by atoms with Gasteiger partial charge in [0, 0.05) is 9.58 Å². The summed E-state index contributed by atoms with van der Waals surface area (Å²) in [5.41, 5.74) is 2.97. The molecular formula is C13H16S. The van der Waals surface area contributed by atoms with Gasteiger partial charge in [0.2, 0.25) is 0 Å². The van der Waals surface area contributed by atoms with Crippen molar-refractivity contribution < 1.29 is 0 Å². The van der Waals surface area contributed by atoms with Crippen molar-refractivity contribution in [1.82, 2.24) is 0 Å². The minimum Gasteiger partial charge on any atom is -0.140 e. The van der Waals surface area contributed by atoms with Crippen molar-refractivity contribution in [2.45, 2.75) is 33.6 Å². The molecule has 0 unspecified atom stereocenters. The second-order valence-corrected chi connectivity index (χ2v) is 4.84. The zero-order valence-electron chi connectivity index (χ0n) is 9.05. The van der Waals surface area contributed by atoms with E-state index in [1.54, 1.807) is 0 Å². The monoisotopic (exact) mass is 204 g/mol. The summed E-state index contributed by atoms with van der Waals surface area (Å²) in [6, 6.07) is 6.82. The number of benzene rings is 1. The Labute approximate surface area is 89.6 Å². The minimum atomic E-state index is 1.15. The molecule has 1 heterocycles. The van der Waals surface area contributed by atoms with E-state index in [9.17, 15) is 0 Å².